The standard InChI is InChI=1S/C21H30O4/c1-3-21(25)9-6-16-18-15(5-8-20(16,21)12-22)19(2)7-4-14(23)10-13(19)11-17(18)24/h1,11,14-18,22-25H,4-10,12H2,2H3/t14?,15-,16+,17?,18-,19+,20-,21?/m1/s1. The fourth-order valence-corrected chi connectivity index (χ4v) is 7.01. The molecule has 25 heavy (non-hydrogen) atoms. The first-order valence-corrected chi connectivity index (χ1v) is 9.70. The molecular weight excluding hydrogens is 316 g/mol. The molecule has 4 rings (SSSR count). The van der Waals surface area contributed by atoms with Crippen LogP contribution < -0.4 is 0 Å². The van der Waals surface area contributed by atoms with Crippen LogP contribution in [0.1, 0.15) is 51.9 Å². The molecule has 0 amide bonds. The molecule has 4 nitrogen and oxygen atoms in total. The van der Waals surface area contributed by atoms with E-state index < -0.39 is 17.1 Å². The fraction of sp³-hybridized carbons (Fsp3) is 0.810. The second kappa shape index (κ2) is 5.57. The quantitative estimate of drug-likeness (QED) is 0.430. The molecule has 4 N–H and O–H groups in total. The Balaban J connectivity index is 1.76. The van der Waals surface area contributed by atoms with Gasteiger partial charge in [-0.3, -0.25) is 0 Å². The molecule has 8 atom stereocenters. The lowest BCUT2D eigenvalue weighted by atomic mass is 9.46. The van der Waals surface area contributed by atoms with Crippen molar-refractivity contribution in [3.63, 3.8) is 0 Å². The van der Waals surface area contributed by atoms with Gasteiger partial charge >= 0.3 is 0 Å². The summed E-state index contributed by atoms with van der Waals surface area (Å²) < 4.78 is 0. The average molecular weight is 346 g/mol. The first-order valence-electron chi connectivity index (χ1n) is 9.70. The van der Waals surface area contributed by atoms with Crippen LogP contribution in [0.15, 0.2) is 11.6 Å². The molecule has 0 spiro atoms. The molecule has 0 bridgehead atoms. The first kappa shape index (κ1) is 17.5. The molecule has 4 aliphatic carbocycles. The third-order valence-electron chi connectivity index (χ3n) is 8.47. The highest BCUT2D eigenvalue weighted by molar-refractivity contribution is 5.31. The van der Waals surface area contributed by atoms with E-state index in [9.17, 15) is 20.4 Å². The molecule has 138 valence electrons. The van der Waals surface area contributed by atoms with Crippen molar-refractivity contribution in [1.82, 2.24) is 0 Å². The van der Waals surface area contributed by atoms with Crippen molar-refractivity contribution in [2.75, 3.05) is 6.61 Å². The second-order valence-electron chi connectivity index (χ2n) is 9.18. The molecule has 0 aromatic rings. The van der Waals surface area contributed by atoms with Crippen LogP contribution in [-0.4, -0.2) is 44.8 Å². The van der Waals surface area contributed by atoms with Crippen LogP contribution in [0.5, 0.6) is 0 Å². The zero-order valence-corrected chi connectivity index (χ0v) is 15.0. The second-order valence-corrected chi connectivity index (χ2v) is 9.18. The molecule has 0 aromatic heterocycles. The molecule has 3 unspecified atom stereocenters. The van der Waals surface area contributed by atoms with Gasteiger partial charge in [0.05, 0.1) is 18.8 Å². The van der Waals surface area contributed by atoms with Gasteiger partial charge < -0.3 is 20.4 Å². The van der Waals surface area contributed by atoms with Crippen molar-refractivity contribution in [2.24, 2.45) is 28.6 Å². The van der Waals surface area contributed by atoms with Crippen molar-refractivity contribution >= 4 is 0 Å². The van der Waals surface area contributed by atoms with Gasteiger partial charge in [-0.15, -0.1) is 6.42 Å². The highest BCUT2D eigenvalue weighted by atomic mass is 16.3. The Bertz CT molecular complexity index is 636. The van der Waals surface area contributed by atoms with Crippen molar-refractivity contribution in [3.05, 3.63) is 11.6 Å². The molecule has 0 heterocycles. The largest absolute Gasteiger partial charge is 0.396 e. The smallest absolute Gasteiger partial charge is 0.133 e. The number of fused-ring (bicyclic) bond motifs is 5. The molecule has 3 fully saturated rings. The summed E-state index contributed by atoms with van der Waals surface area (Å²) in [7, 11) is 0. The number of rotatable bonds is 1. The van der Waals surface area contributed by atoms with Crippen LogP contribution in [0.25, 0.3) is 0 Å². The lowest BCUT2D eigenvalue weighted by Gasteiger charge is -2.59. The van der Waals surface area contributed by atoms with E-state index in [0.29, 0.717) is 25.2 Å². The maximum absolute atomic E-state index is 11.0. The Hall–Kier alpha value is -0.860. The summed E-state index contributed by atoms with van der Waals surface area (Å²) in [6.45, 7) is 2.16. The maximum Gasteiger partial charge on any atom is 0.133 e. The van der Waals surface area contributed by atoms with Gasteiger partial charge in [0.25, 0.3) is 0 Å². The zero-order valence-electron chi connectivity index (χ0n) is 15.0. The van der Waals surface area contributed by atoms with Crippen molar-refractivity contribution in [3.8, 4) is 12.3 Å². The third-order valence-corrected chi connectivity index (χ3v) is 8.47. The van der Waals surface area contributed by atoms with E-state index in [-0.39, 0.29) is 30.0 Å². The van der Waals surface area contributed by atoms with Gasteiger partial charge in [0.1, 0.15) is 5.60 Å². The van der Waals surface area contributed by atoms with Gasteiger partial charge in [0.2, 0.25) is 0 Å². The van der Waals surface area contributed by atoms with Crippen molar-refractivity contribution in [2.45, 2.75) is 69.7 Å². The van der Waals surface area contributed by atoms with Gasteiger partial charge in [-0.2, -0.15) is 0 Å². The Morgan fingerprint density at radius 3 is 2.56 bits per heavy atom. The summed E-state index contributed by atoms with van der Waals surface area (Å²) in [5.74, 6) is 2.95. The molecule has 4 heteroatoms. The van der Waals surface area contributed by atoms with Crippen LogP contribution in [-0.2, 0) is 0 Å². The van der Waals surface area contributed by atoms with Gasteiger partial charge in [-0.1, -0.05) is 24.5 Å². The van der Waals surface area contributed by atoms with E-state index >= 15 is 0 Å². The minimum absolute atomic E-state index is 0.00158. The van der Waals surface area contributed by atoms with Crippen LogP contribution in [0.3, 0.4) is 0 Å². The number of terminal acetylenes is 1. The van der Waals surface area contributed by atoms with E-state index in [0.717, 1.165) is 25.7 Å². The highest BCUT2D eigenvalue weighted by Crippen LogP contribution is 2.66. The Labute approximate surface area is 150 Å². The summed E-state index contributed by atoms with van der Waals surface area (Å²) in [5.41, 5.74) is -0.770. The predicted octanol–water partition coefficient (Wildman–Crippen LogP) is 1.62. The summed E-state index contributed by atoms with van der Waals surface area (Å²) in [4.78, 5) is 0. The minimum Gasteiger partial charge on any atom is -0.396 e. The summed E-state index contributed by atoms with van der Waals surface area (Å²) in [5, 5.41) is 42.3. The average Bonchev–Trinajstić information content (AvgIpc) is 2.91. The summed E-state index contributed by atoms with van der Waals surface area (Å²) in [6, 6.07) is 0. The SMILES string of the molecule is C#CC1(O)CC[C@H]2[C@@H]3C(O)C=C4CC(O)CC[C@]4(C)[C@@H]3CC[C@@]21CO. The van der Waals surface area contributed by atoms with Crippen LogP contribution in [0.2, 0.25) is 0 Å². The van der Waals surface area contributed by atoms with E-state index in [1.54, 1.807) is 0 Å². The first-order chi connectivity index (χ1) is 11.8. The van der Waals surface area contributed by atoms with Gasteiger partial charge in [-0.05, 0) is 68.1 Å². The lowest BCUT2D eigenvalue weighted by molar-refractivity contribution is -0.149. The molecule has 0 saturated heterocycles. The van der Waals surface area contributed by atoms with E-state index in [2.05, 4.69) is 12.8 Å². The molecule has 0 radical (unpaired) electrons. The Morgan fingerprint density at radius 2 is 1.88 bits per heavy atom. The number of hydrogen-bond acceptors (Lipinski definition) is 4. The fourth-order valence-electron chi connectivity index (χ4n) is 7.01. The van der Waals surface area contributed by atoms with Crippen LogP contribution >= 0.6 is 0 Å². The normalized spacial score (nSPS) is 54.7. The number of aliphatic hydroxyl groups is 4. The van der Waals surface area contributed by atoms with Crippen LogP contribution in [0.4, 0.5) is 0 Å². The Morgan fingerprint density at radius 1 is 1.16 bits per heavy atom. The minimum atomic E-state index is -1.27. The topological polar surface area (TPSA) is 80.9 Å². The Kier molecular flexibility index (Phi) is 3.91. The summed E-state index contributed by atoms with van der Waals surface area (Å²) >= 11 is 0. The third kappa shape index (κ3) is 2.10. The lowest BCUT2D eigenvalue weighted by Crippen LogP contribution is -2.59. The molecule has 4 aliphatic rings. The summed E-state index contributed by atoms with van der Waals surface area (Å²) in [6.07, 6.45) is 11.9. The number of hydrogen-bond donors (Lipinski definition) is 4. The van der Waals surface area contributed by atoms with E-state index in [1.807, 2.05) is 6.08 Å². The molecular formula is C21H30O4. The number of aliphatic hydroxyl groups excluding tert-OH is 3. The van der Waals surface area contributed by atoms with Gasteiger partial charge in [-0.25, -0.2) is 0 Å². The van der Waals surface area contributed by atoms with Crippen LogP contribution in [0, 0.1) is 40.9 Å². The van der Waals surface area contributed by atoms with Crippen molar-refractivity contribution in [1.29, 1.82) is 0 Å². The molecule has 0 aliphatic heterocycles. The van der Waals surface area contributed by atoms with E-state index in [1.165, 1.54) is 5.57 Å². The molecule has 0 aromatic carbocycles. The van der Waals surface area contributed by atoms with Gasteiger partial charge in [0.15, 0.2) is 0 Å². The maximum atomic E-state index is 11.0. The monoisotopic (exact) mass is 346 g/mol. The zero-order chi connectivity index (χ0) is 18.0. The highest BCUT2D eigenvalue weighted by Gasteiger charge is 2.66. The van der Waals surface area contributed by atoms with E-state index in [4.69, 9.17) is 6.42 Å². The predicted molar refractivity (Wildman–Crippen MR) is 94.3 cm³/mol. The van der Waals surface area contributed by atoms with Crippen molar-refractivity contribution < 1.29 is 20.4 Å². The molecule has 3 saturated carbocycles. The van der Waals surface area contributed by atoms with Gasteiger partial charge in [0, 0.05) is 5.41 Å².